The molecule has 0 saturated carbocycles. The van der Waals surface area contributed by atoms with Gasteiger partial charge in [-0.15, -0.1) is 11.3 Å². The Labute approximate surface area is 144 Å². The highest BCUT2D eigenvalue weighted by Crippen LogP contribution is 2.21. The van der Waals surface area contributed by atoms with Crippen molar-refractivity contribution in [3.05, 3.63) is 22.4 Å². The minimum atomic E-state index is 0.658. The van der Waals surface area contributed by atoms with E-state index in [9.17, 15) is 0 Å². The first-order valence-electron chi connectivity index (χ1n) is 9.00. The monoisotopic (exact) mass is 334 g/mol. The van der Waals surface area contributed by atoms with Crippen LogP contribution >= 0.6 is 11.3 Å². The highest BCUT2D eigenvalue weighted by atomic mass is 32.1. The van der Waals surface area contributed by atoms with Gasteiger partial charge < -0.3 is 10.6 Å². The molecule has 128 valence electrons. The maximum atomic E-state index is 6.22. The number of nitrogens with two attached hydrogens (primary N) is 1. The van der Waals surface area contributed by atoms with Crippen molar-refractivity contribution in [3.8, 4) is 0 Å². The standard InChI is InChI=1S/C18H30N4S/c1-15-6-9-22(10-7-15)18(19)20-12-16-4-2-8-21(13-16)14-17-5-3-11-23-17/h3,5,11,15-16H,2,4,6-10,12-14H2,1H3,(H2,19,20). The number of aliphatic imine (C=N–C) groups is 1. The molecule has 3 rings (SSSR count). The molecule has 0 radical (unpaired) electrons. The van der Waals surface area contributed by atoms with Crippen LogP contribution in [0.25, 0.3) is 0 Å². The maximum Gasteiger partial charge on any atom is 0.191 e. The first-order valence-corrected chi connectivity index (χ1v) is 9.88. The third-order valence-electron chi connectivity index (χ3n) is 5.18. The zero-order valence-corrected chi connectivity index (χ0v) is 15.1. The molecular weight excluding hydrogens is 304 g/mol. The van der Waals surface area contributed by atoms with E-state index in [4.69, 9.17) is 10.7 Å². The molecule has 23 heavy (non-hydrogen) atoms. The van der Waals surface area contributed by atoms with Crippen LogP contribution < -0.4 is 5.73 Å². The lowest BCUT2D eigenvalue weighted by Crippen LogP contribution is -2.43. The molecule has 3 heterocycles. The highest BCUT2D eigenvalue weighted by molar-refractivity contribution is 7.09. The van der Waals surface area contributed by atoms with Crippen LogP contribution in [0.4, 0.5) is 0 Å². The van der Waals surface area contributed by atoms with E-state index in [1.165, 1.54) is 37.1 Å². The molecule has 2 aliphatic heterocycles. The second-order valence-corrected chi connectivity index (χ2v) is 8.22. The van der Waals surface area contributed by atoms with E-state index in [-0.39, 0.29) is 0 Å². The zero-order chi connectivity index (χ0) is 16.1. The van der Waals surface area contributed by atoms with Crippen molar-refractivity contribution >= 4 is 17.3 Å². The Morgan fingerprint density at radius 1 is 1.30 bits per heavy atom. The van der Waals surface area contributed by atoms with Crippen molar-refractivity contribution in [3.63, 3.8) is 0 Å². The van der Waals surface area contributed by atoms with Crippen molar-refractivity contribution in [2.45, 2.75) is 39.2 Å². The average Bonchev–Trinajstić information content (AvgIpc) is 3.07. The van der Waals surface area contributed by atoms with E-state index in [0.29, 0.717) is 5.92 Å². The van der Waals surface area contributed by atoms with E-state index in [0.717, 1.165) is 44.6 Å². The van der Waals surface area contributed by atoms with Gasteiger partial charge in [0.1, 0.15) is 0 Å². The Balaban J connectivity index is 1.46. The molecule has 2 N–H and O–H groups in total. The zero-order valence-electron chi connectivity index (χ0n) is 14.3. The van der Waals surface area contributed by atoms with Gasteiger partial charge >= 0.3 is 0 Å². The molecule has 2 fully saturated rings. The van der Waals surface area contributed by atoms with Gasteiger partial charge in [0, 0.05) is 37.6 Å². The molecule has 2 aliphatic rings. The fraction of sp³-hybridized carbons (Fsp3) is 0.722. The molecular formula is C18H30N4S. The molecule has 4 nitrogen and oxygen atoms in total. The Kier molecular flexibility index (Phi) is 5.95. The van der Waals surface area contributed by atoms with Crippen molar-refractivity contribution in [2.24, 2.45) is 22.6 Å². The van der Waals surface area contributed by atoms with Crippen molar-refractivity contribution < 1.29 is 0 Å². The van der Waals surface area contributed by atoms with Crippen LogP contribution in [0.2, 0.25) is 0 Å². The second kappa shape index (κ2) is 8.15. The molecule has 1 unspecified atom stereocenters. The van der Waals surface area contributed by atoms with Gasteiger partial charge in [-0.2, -0.15) is 0 Å². The van der Waals surface area contributed by atoms with Crippen molar-refractivity contribution in [1.29, 1.82) is 0 Å². The van der Waals surface area contributed by atoms with Crippen LogP contribution in [0.15, 0.2) is 22.5 Å². The molecule has 1 atom stereocenters. The van der Waals surface area contributed by atoms with Crippen LogP contribution in [0.5, 0.6) is 0 Å². The smallest absolute Gasteiger partial charge is 0.191 e. The molecule has 2 saturated heterocycles. The summed E-state index contributed by atoms with van der Waals surface area (Å²) < 4.78 is 0. The molecule has 0 amide bonds. The Morgan fingerprint density at radius 3 is 2.87 bits per heavy atom. The SMILES string of the molecule is CC1CCN(C(N)=NCC2CCCN(Cc3cccs3)C2)CC1. The van der Waals surface area contributed by atoms with E-state index in [1.54, 1.807) is 0 Å². The van der Waals surface area contributed by atoms with E-state index >= 15 is 0 Å². The number of piperidine rings is 2. The van der Waals surface area contributed by atoms with Crippen molar-refractivity contribution in [2.75, 3.05) is 32.7 Å². The van der Waals surface area contributed by atoms with Gasteiger partial charge in [-0.05, 0) is 55.5 Å². The largest absolute Gasteiger partial charge is 0.370 e. The third kappa shape index (κ3) is 4.95. The third-order valence-corrected chi connectivity index (χ3v) is 6.04. The Morgan fingerprint density at radius 2 is 2.13 bits per heavy atom. The van der Waals surface area contributed by atoms with Gasteiger partial charge in [-0.3, -0.25) is 9.89 Å². The number of hydrogen-bond donors (Lipinski definition) is 1. The first kappa shape index (κ1) is 16.8. The second-order valence-electron chi connectivity index (χ2n) is 7.19. The summed E-state index contributed by atoms with van der Waals surface area (Å²) in [6.45, 7) is 8.84. The fourth-order valence-corrected chi connectivity index (χ4v) is 4.37. The maximum absolute atomic E-state index is 6.22. The number of guanidine groups is 1. The van der Waals surface area contributed by atoms with Gasteiger partial charge in [0.2, 0.25) is 0 Å². The first-order chi connectivity index (χ1) is 11.2. The number of thiophene rings is 1. The number of likely N-dealkylation sites (tertiary alicyclic amines) is 2. The van der Waals surface area contributed by atoms with Gasteiger partial charge in [0.05, 0.1) is 0 Å². The summed E-state index contributed by atoms with van der Waals surface area (Å²) in [7, 11) is 0. The summed E-state index contributed by atoms with van der Waals surface area (Å²) in [6, 6.07) is 4.38. The number of hydrogen-bond acceptors (Lipinski definition) is 3. The molecule has 5 heteroatoms. The van der Waals surface area contributed by atoms with Gasteiger partial charge in [0.25, 0.3) is 0 Å². The predicted octanol–water partition coefficient (Wildman–Crippen LogP) is 3.01. The number of nitrogens with zero attached hydrogens (tertiary/aromatic N) is 3. The van der Waals surface area contributed by atoms with E-state index in [2.05, 4.69) is 34.2 Å². The topological polar surface area (TPSA) is 44.9 Å². The van der Waals surface area contributed by atoms with E-state index in [1.807, 2.05) is 11.3 Å². The highest BCUT2D eigenvalue weighted by Gasteiger charge is 2.21. The Bertz CT molecular complexity index is 491. The summed E-state index contributed by atoms with van der Waals surface area (Å²) in [4.78, 5) is 11.0. The summed E-state index contributed by atoms with van der Waals surface area (Å²) in [5.41, 5.74) is 6.22. The van der Waals surface area contributed by atoms with Crippen LogP contribution in [0.1, 0.15) is 37.5 Å². The minimum absolute atomic E-state index is 0.658. The van der Waals surface area contributed by atoms with Crippen molar-refractivity contribution in [1.82, 2.24) is 9.80 Å². The molecule has 0 bridgehead atoms. The van der Waals surface area contributed by atoms with Crippen LogP contribution in [-0.2, 0) is 6.54 Å². The van der Waals surface area contributed by atoms with Crippen LogP contribution in [0.3, 0.4) is 0 Å². The molecule has 1 aromatic rings. The lowest BCUT2D eigenvalue weighted by molar-refractivity contribution is 0.172. The molecule has 0 aromatic carbocycles. The fourth-order valence-electron chi connectivity index (χ4n) is 3.63. The molecule has 0 spiro atoms. The summed E-state index contributed by atoms with van der Waals surface area (Å²) >= 11 is 1.86. The quantitative estimate of drug-likeness (QED) is 0.680. The summed E-state index contributed by atoms with van der Waals surface area (Å²) in [5, 5.41) is 2.17. The summed E-state index contributed by atoms with van der Waals surface area (Å²) in [6.07, 6.45) is 5.06. The van der Waals surface area contributed by atoms with Crippen LogP contribution in [-0.4, -0.2) is 48.5 Å². The minimum Gasteiger partial charge on any atom is -0.370 e. The number of rotatable bonds is 4. The lowest BCUT2D eigenvalue weighted by Gasteiger charge is -2.33. The molecule has 1 aromatic heterocycles. The van der Waals surface area contributed by atoms with Gasteiger partial charge in [-0.25, -0.2) is 0 Å². The molecule has 0 aliphatic carbocycles. The van der Waals surface area contributed by atoms with Gasteiger partial charge in [0.15, 0.2) is 5.96 Å². The lowest BCUT2D eigenvalue weighted by atomic mass is 9.98. The average molecular weight is 335 g/mol. The normalized spacial score (nSPS) is 25.0. The predicted molar refractivity (Wildman–Crippen MR) is 98.8 cm³/mol. The van der Waals surface area contributed by atoms with E-state index < -0.39 is 0 Å². The van der Waals surface area contributed by atoms with Crippen LogP contribution in [0, 0.1) is 11.8 Å². The summed E-state index contributed by atoms with van der Waals surface area (Å²) in [5.74, 6) is 2.27. The Hall–Kier alpha value is -1.07. The van der Waals surface area contributed by atoms with Gasteiger partial charge in [-0.1, -0.05) is 13.0 Å².